The minimum absolute atomic E-state index is 0.0559. The van der Waals surface area contributed by atoms with Gasteiger partial charge in [-0.2, -0.15) is 0 Å². The molecule has 0 amide bonds. The summed E-state index contributed by atoms with van der Waals surface area (Å²) in [6, 6.07) is 5.44. The lowest BCUT2D eigenvalue weighted by atomic mass is 10.1. The summed E-state index contributed by atoms with van der Waals surface area (Å²) < 4.78 is 10.9. The average molecular weight is 259 g/mol. The first-order chi connectivity index (χ1) is 8.99. The van der Waals surface area contributed by atoms with E-state index in [1.807, 2.05) is 32.9 Å². The number of benzene rings is 1. The summed E-state index contributed by atoms with van der Waals surface area (Å²) in [5.74, 6) is 1.60. The largest absolute Gasteiger partial charge is 0.488 e. The molecule has 0 aliphatic rings. The second-order valence-corrected chi connectivity index (χ2v) is 4.63. The van der Waals surface area contributed by atoms with E-state index in [1.54, 1.807) is 13.0 Å². The zero-order chi connectivity index (χ0) is 14.0. The van der Waals surface area contributed by atoms with Gasteiger partial charge in [0.15, 0.2) is 5.78 Å². The number of carbonyl (C=O) groups excluding carboxylic acids is 1. The van der Waals surface area contributed by atoms with Gasteiger partial charge in [0.25, 0.3) is 0 Å². The Kier molecular flexibility index (Phi) is 3.69. The van der Waals surface area contributed by atoms with E-state index in [2.05, 4.69) is 5.16 Å². The Hall–Kier alpha value is -2.10. The van der Waals surface area contributed by atoms with Gasteiger partial charge in [-0.1, -0.05) is 5.16 Å². The molecule has 1 aromatic carbocycles. The molecule has 0 fully saturated rings. The van der Waals surface area contributed by atoms with Crippen molar-refractivity contribution in [2.45, 2.75) is 34.3 Å². The molecule has 100 valence electrons. The van der Waals surface area contributed by atoms with Crippen LogP contribution >= 0.6 is 0 Å². The molecule has 4 heteroatoms. The van der Waals surface area contributed by atoms with Crippen LogP contribution in [-0.2, 0) is 6.61 Å². The molecule has 1 heterocycles. The maximum atomic E-state index is 11.3. The molecule has 1 aromatic heterocycles. The summed E-state index contributed by atoms with van der Waals surface area (Å²) in [5.41, 5.74) is 3.45. The zero-order valence-electron chi connectivity index (χ0n) is 11.6. The van der Waals surface area contributed by atoms with Crippen LogP contribution in [0, 0.1) is 20.8 Å². The summed E-state index contributed by atoms with van der Waals surface area (Å²) in [6.45, 7) is 7.65. The van der Waals surface area contributed by atoms with Crippen LogP contribution in [0.1, 0.15) is 39.9 Å². The molecule has 0 bridgehead atoms. The molecule has 0 spiro atoms. The third-order valence-electron chi connectivity index (χ3n) is 3.13. The molecule has 0 radical (unpaired) electrons. The highest BCUT2D eigenvalue weighted by molar-refractivity contribution is 5.94. The van der Waals surface area contributed by atoms with Crippen molar-refractivity contribution < 1.29 is 14.1 Å². The topological polar surface area (TPSA) is 52.3 Å². The van der Waals surface area contributed by atoms with Gasteiger partial charge in [-0.15, -0.1) is 0 Å². The highest BCUT2D eigenvalue weighted by Crippen LogP contribution is 2.22. The van der Waals surface area contributed by atoms with E-state index in [0.29, 0.717) is 12.2 Å². The Morgan fingerprint density at radius 3 is 2.58 bits per heavy atom. The lowest BCUT2D eigenvalue weighted by molar-refractivity contribution is 0.101. The molecule has 0 aliphatic heterocycles. The van der Waals surface area contributed by atoms with Crippen LogP contribution in [0.2, 0.25) is 0 Å². The van der Waals surface area contributed by atoms with Crippen LogP contribution in [0.15, 0.2) is 22.7 Å². The molecule has 0 saturated heterocycles. The molecule has 19 heavy (non-hydrogen) atoms. The lowest BCUT2D eigenvalue weighted by Crippen LogP contribution is -2.00. The Morgan fingerprint density at radius 1 is 1.32 bits per heavy atom. The van der Waals surface area contributed by atoms with Crippen molar-refractivity contribution in [2.24, 2.45) is 0 Å². The Bertz CT molecular complexity index is 594. The molecule has 0 saturated carbocycles. The average Bonchev–Trinajstić information content (AvgIpc) is 2.68. The number of hydrogen-bond acceptors (Lipinski definition) is 4. The van der Waals surface area contributed by atoms with E-state index in [1.165, 1.54) is 0 Å². The SMILES string of the molecule is CC(=O)c1ccc(OCc2c(C)noc2C)c(C)c1. The van der Waals surface area contributed by atoms with Gasteiger partial charge in [0, 0.05) is 5.56 Å². The van der Waals surface area contributed by atoms with Crippen molar-refractivity contribution in [1.29, 1.82) is 0 Å². The number of aryl methyl sites for hydroxylation is 3. The van der Waals surface area contributed by atoms with E-state index in [0.717, 1.165) is 28.3 Å². The predicted octanol–water partition coefficient (Wildman–Crippen LogP) is 3.38. The van der Waals surface area contributed by atoms with Crippen molar-refractivity contribution in [1.82, 2.24) is 5.16 Å². The fourth-order valence-corrected chi connectivity index (χ4v) is 1.89. The van der Waals surface area contributed by atoms with Gasteiger partial charge in [0.2, 0.25) is 0 Å². The normalized spacial score (nSPS) is 10.5. The predicted molar refractivity (Wildman–Crippen MR) is 71.5 cm³/mol. The van der Waals surface area contributed by atoms with Crippen LogP contribution in [0.4, 0.5) is 0 Å². The monoisotopic (exact) mass is 259 g/mol. The van der Waals surface area contributed by atoms with Gasteiger partial charge in [0.1, 0.15) is 18.1 Å². The molecule has 0 aliphatic carbocycles. The van der Waals surface area contributed by atoms with E-state index >= 15 is 0 Å². The van der Waals surface area contributed by atoms with Gasteiger partial charge in [-0.25, -0.2) is 0 Å². The van der Waals surface area contributed by atoms with Gasteiger partial charge in [0.05, 0.1) is 11.3 Å². The molecule has 0 atom stereocenters. The molecule has 0 N–H and O–H groups in total. The molecule has 0 unspecified atom stereocenters. The summed E-state index contributed by atoms with van der Waals surface area (Å²) in [6.07, 6.45) is 0. The fraction of sp³-hybridized carbons (Fsp3) is 0.333. The van der Waals surface area contributed by atoms with Crippen molar-refractivity contribution in [3.63, 3.8) is 0 Å². The molecular weight excluding hydrogens is 242 g/mol. The third kappa shape index (κ3) is 2.84. The minimum atomic E-state index is 0.0559. The van der Waals surface area contributed by atoms with Crippen LogP contribution in [-0.4, -0.2) is 10.9 Å². The number of ketones is 1. The molecular formula is C15H17NO3. The highest BCUT2D eigenvalue weighted by atomic mass is 16.5. The second kappa shape index (κ2) is 5.26. The van der Waals surface area contributed by atoms with Crippen molar-refractivity contribution in [2.75, 3.05) is 0 Å². The molecule has 2 aromatic rings. The number of Topliss-reactive ketones (excluding diaryl/α,β-unsaturated/α-hetero) is 1. The zero-order valence-corrected chi connectivity index (χ0v) is 11.6. The maximum absolute atomic E-state index is 11.3. The summed E-state index contributed by atoms with van der Waals surface area (Å²) in [5, 5.41) is 3.89. The Morgan fingerprint density at radius 2 is 2.05 bits per heavy atom. The van der Waals surface area contributed by atoms with E-state index in [9.17, 15) is 4.79 Å². The number of nitrogens with zero attached hydrogens (tertiary/aromatic N) is 1. The van der Waals surface area contributed by atoms with Crippen LogP contribution < -0.4 is 4.74 Å². The number of ether oxygens (including phenoxy) is 1. The van der Waals surface area contributed by atoms with Gasteiger partial charge >= 0.3 is 0 Å². The number of aromatic nitrogens is 1. The first-order valence-corrected chi connectivity index (χ1v) is 6.15. The third-order valence-corrected chi connectivity index (χ3v) is 3.13. The second-order valence-electron chi connectivity index (χ2n) is 4.63. The summed E-state index contributed by atoms with van der Waals surface area (Å²) in [4.78, 5) is 11.3. The molecule has 2 rings (SSSR count). The van der Waals surface area contributed by atoms with E-state index in [-0.39, 0.29) is 5.78 Å². The fourth-order valence-electron chi connectivity index (χ4n) is 1.89. The first-order valence-electron chi connectivity index (χ1n) is 6.15. The van der Waals surface area contributed by atoms with Crippen molar-refractivity contribution >= 4 is 5.78 Å². The lowest BCUT2D eigenvalue weighted by Gasteiger charge is -2.09. The van der Waals surface area contributed by atoms with Crippen LogP contribution in [0.25, 0.3) is 0 Å². The van der Waals surface area contributed by atoms with E-state index in [4.69, 9.17) is 9.26 Å². The minimum Gasteiger partial charge on any atom is -0.488 e. The van der Waals surface area contributed by atoms with Crippen LogP contribution in [0.5, 0.6) is 5.75 Å². The maximum Gasteiger partial charge on any atom is 0.159 e. The smallest absolute Gasteiger partial charge is 0.159 e. The highest BCUT2D eigenvalue weighted by Gasteiger charge is 2.11. The molecule has 4 nitrogen and oxygen atoms in total. The number of carbonyl (C=O) groups is 1. The van der Waals surface area contributed by atoms with Crippen molar-refractivity contribution in [3.8, 4) is 5.75 Å². The van der Waals surface area contributed by atoms with Gasteiger partial charge in [-0.05, 0) is 51.5 Å². The summed E-state index contributed by atoms with van der Waals surface area (Å²) >= 11 is 0. The number of hydrogen-bond donors (Lipinski definition) is 0. The van der Waals surface area contributed by atoms with Crippen LogP contribution in [0.3, 0.4) is 0 Å². The van der Waals surface area contributed by atoms with E-state index < -0.39 is 0 Å². The van der Waals surface area contributed by atoms with Gasteiger partial charge < -0.3 is 9.26 Å². The summed E-state index contributed by atoms with van der Waals surface area (Å²) in [7, 11) is 0. The Balaban J connectivity index is 2.14. The van der Waals surface area contributed by atoms with Gasteiger partial charge in [-0.3, -0.25) is 4.79 Å². The quantitative estimate of drug-likeness (QED) is 0.790. The first kappa shape index (κ1) is 13.3. The standard InChI is InChI=1S/C15H17NO3/c1-9-7-13(11(3)17)5-6-15(9)18-8-14-10(2)16-19-12(14)4/h5-7H,8H2,1-4H3. The van der Waals surface area contributed by atoms with Crippen molar-refractivity contribution in [3.05, 3.63) is 46.3 Å². The number of rotatable bonds is 4. The Labute approximate surface area is 112 Å².